The number of hydrogen-bond acceptors (Lipinski definition) is 6. The van der Waals surface area contributed by atoms with Gasteiger partial charge in [-0.2, -0.15) is 23.4 Å². The Morgan fingerprint density at radius 1 is 1.26 bits per heavy atom. The third-order valence-corrected chi connectivity index (χ3v) is 4.60. The van der Waals surface area contributed by atoms with Crippen LogP contribution < -0.4 is 10.6 Å². The maximum absolute atomic E-state index is 13.3. The predicted octanol–water partition coefficient (Wildman–Crippen LogP) is 3.80. The highest BCUT2D eigenvalue weighted by molar-refractivity contribution is 6.29. The normalized spacial score (nSPS) is 13.0. The summed E-state index contributed by atoms with van der Waals surface area (Å²) in [5, 5.41) is 12.9. The molecule has 4 heterocycles. The first kappa shape index (κ1) is 20.8. The van der Waals surface area contributed by atoms with Gasteiger partial charge in [-0.1, -0.05) is 11.6 Å². The lowest BCUT2D eigenvalue weighted by Gasteiger charge is -2.17. The molecule has 0 unspecified atom stereocenters. The predicted molar refractivity (Wildman–Crippen MR) is 104 cm³/mol. The third kappa shape index (κ3) is 3.96. The van der Waals surface area contributed by atoms with Crippen LogP contribution in [0.4, 0.5) is 29.3 Å². The quantitative estimate of drug-likeness (QED) is 0.485. The first-order valence-electron chi connectivity index (χ1n) is 8.73. The third-order valence-electron chi connectivity index (χ3n) is 4.42. The molecule has 0 aliphatic carbocycles. The van der Waals surface area contributed by atoms with E-state index in [1.165, 1.54) is 30.1 Å². The van der Waals surface area contributed by atoms with E-state index in [-0.39, 0.29) is 22.2 Å². The smallest absolute Gasteiger partial charge is 0.375 e. The van der Waals surface area contributed by atoms with E-state index in [0.717, 1.165) is 16.9 Å². The zero-order valence-corrected chi connectivity index (χ0v) is 16.7. The molecule has 0 radical (unpaired) electrons. The van der Waals surface area contributed by atoms with Gasteiger partial charge in [0.1, 0.15) is 11.9 Å². The number of methoxy groups -OCH3 is 1. The molecular weight excluding hydrogens is 441 g/mol. The standard InChI is InChI=1S/C17H14ClF3N8O2/c1-8(31-2)14-11(5-22-13-4-12(18)27-29(13)14)26-16(30)25-9-3-10(17(19,20)21)15-23-7-24-28(15)6-9/h3-8H,1-2H3,(H2,25,26,30)/t8-/m0/s1. The van der Waals surface area contributed by atoms with E-state index in [1.807, 2.05) is 0 Å². The lowest BCUT2D eigenvalue weighted by atomic mass is 10.2. The number of carbonyl (C=O) groups is 1. The van der Waals surface area contributed by atoms with Crippen LogP contribution >= 0.6 is 11.6 Å². The van der Waals surface area contributed by atoms with Crippen molar-refractivity contribution in [2.45, 2.75) is 19.2 Å². The first-order chi connectivity index (χ1) is 14.7. The van der Waals surface area contributed by atoms with E-state index < -0.39 is 23.9 Å². The molecule has 4 rings (SSSR count). The van der Waals surface area contributed by atoms with Crippen molar-refractivity contribution in [2.75, 3.05) is 17.7 Å². The minimum Gasteiger partial charge on any atom is -0.375 e. The van der Waals surface area contributed by atoms with Gasteiger partial charge in [0.2, 0.25) is 0 Å². The number of amides is 2. The topological polar surface area (TPSA) is 111 Å². The number of rotatable bonds is 4. The Labute approximate surface area is 177 Å². The number of fused-ring (bicyclic) bond motifs is 2. The van der Waals surface area contributed by atoms with Crippen LogP contribution in [0.15, 0.2) is 30.9 Å². The number of hydrogen-bond donors (Lipinski definition) is 2. The Hall–Kier alpha value is -3.45. The van der Waals surface area contributed by atoms with Crippen LogP contribution in [-0.4, -0.2) is 42.3 Å². The molecule has 0 fully saturated rings. The molecular formula is C17H14ClF3N8O2. The second kappa shape index (κ2) is 7.67. The Balaban J connectivity index is 1.66. The maximum Gasteiger partial charge on any atom is 0.420 e. The van der Waals surface area contributed by atoms with Gasteiger partial charge < -0.3 is 15.4 Å². The molecule has 162 valence electrons. The van der Waals surface area contributed by atoms with E-state index in [4.69, 9.17) is 16.3 Å². The van der Waals surface area contributed by atoms with Crippen molar-refractivity contribution in [3.8, 4) is 0 Å². The van der Waals surface area contributed by atoms with Gasteiger partial charge in [0.15, 0.2) is 16.4 Å². The van der Waals surface area contributed by atoms with Gasteiger partial charge in [-0.25, -0.2) is 23.8 Å². The number of pyridine rings is 1. The first-order valence-corrected chi connectivity index (χ1v) is 9.10. The number of ether oxygens (including phenoxy) is 1. The Morgan fingerprint density at radius 3 is 2.74 bits per heavy atom. The van der Waals surface area contributed by atoms with Gasteiger partial charge in [0, 0.05) is 13.2 Å². The molecule has 0 aliphatic heterocycles. The van der Waals surface area contributed by atoms with Crippen molar-refractivity contribution in [3.05, 3.63) is 47.3 Å². The van der Waals surface area contributed by atoms with Crippen LogP contribution in [0.25, 0.3) is 11.3 Å². The fourth-order valence-corrected chi connectivity index (χ4v) is 3.18. The highest BCUT2D eigenvalue weighted by atomic mass is 35.5. The second-order valence-corrected chi connectivity index (χ2v) is 6.81. The molecule has 14 heteroatoms. The molecule has 2 amide bonds. The minimum absolute atomic E-state index is 0.139. The maximum atomic E-state index is 13.3. The number of alkyl halides is 3. The zero-order chi connectivity index (χ0) is 22.3. The van der Waals surface area contributed by atoms with E-state index >= 15 is 0 Å². The number of carbonyl (C=O) groups excluding carboxylic acids is 1. The van der Waals surface area contributed by atoms with Crippen LogP contribution in [0, 0.1) is 0 Å². The molecule has 0 spiro atoms. The number of halogens is 4. The summed E-state index contributed by atoms with van der Waals surface area (Å²) in [6, 6.07) is 1.50. The average molecular weight is 455 g/mol. The monoisotopic (exact) mass is 454 g/mol. The van der Waals surface area contributed by atoms with Crippen molar-refractivity contribution >= 4 is 40.3 Å². The molecule has 31 heavy (non-hydrogen) atoms. The van der Waals surface area contributed by atoms with Gasteiger partial charge in [-0.3, -0.25) is 0 Å². The van der Waals surface area contributed by atoms with E-state index in [0.29, 0.717) is 11.3 Å². The van der Waals surface area contributed by atoms with Gasteiger partial charge in [-0.05, 0) is 13.0 Å². The number of aromatic nitrogens is 6. The van der Waals surface area contributed by atoms with Gasteiger partial charge >= 0.3 is 12.2 Å². The van der Waals surface area contributed by atoms with Gasteiger partial charge in [-0.15, -0.1) is 0 Å². The summed E-state index contributed by atoms with van der Waals surface area (Å²) in [6.45, 7) is 1.72. The summed E-state index contributed by atoms with van der Waals surface area (Å²) < 4.78 is 47.7. The summed E-state index contributed by atoms with van der Waals surface area (Å²) >= 11 is 5.94. The molecule has 0 aliphatic rings. The van der Waals surface area contributed by atoms with E-state index in [2.05, 4.69) is 30.8 Å². The number of nitrogens with one attached hydrogen (secondary N) is 2. The van der Waals surface area contributed by atoms with Crippen molar-refractivity contribution in [2.24, 2.45) is 0 Å². The summed E-state index contributed by atoms with van der Waals surface area (Å²) in [5.74, 6) is 0. The number of urea groups is 1. The second-order valence-electron chi connectivity index (χ2n) is 6.42. The van der Waals surface area contributed by atoms with E-state index in [9.17, 15) is 18.0 Å². The minimum atomic E-state index is -4.68. The fraction of sp³-hybridized carbons (Fsp3) is 0.235. The van der Waals surface area contributed by atoms with Crippen molar-refractivity contribution in [1.29, 1.82) is 0 Å². The lowest BCUT2D eigenvalue weighted by Crippen LogP contribution is -2.23. The van der Waals surface area contributed by atoms with Crippen LogP contribution in [0.1, 0.15) is 24.3 Å². The summed E-state index contributed by atoms with van der Waals surface area (Å²) in [5.41, 5.74) is -0.443. The largest absolute Gasteiger partial charge is 0.420 e. The molecule has 4 aromatic heterocycles. The highest BCUT2D eigenvalue weighted by Crippen LogP contribution is 2.33. The summed E-state index contributed by atoms with van der Waals surface area (Å²) in [7, 11) is 1.47. The molecule has 2 N–H and O–H groups in total. The van der Waals surface area contributed by atoms with Gasteiger partial charge in [0.25, 0.3) is 0 Å². The summed E-state index contributed by atoms with van der Waals surface area (Å²) in [4.78, 5) is 20.3. The van der Waals surface area contributed by atoms with Crippen molar-refractivity contribution in [1.82, 2.24) is 29.2 Å². The van der Waals surface area contributed by atoms with Crippen LogP contribution in [0.3, 0.4) is 0 Å². The number of nitrogens with zero attached hydrogens (tertiary/aromatic N) is 6. The summed E-state index contributed by atoms with van der Waals surface area (Å²) in [6.07, 6.45) is -1.62. The molecule has 0 bridgehead atoms. The van der Waals surface area contributed by atoms with E-state index in [1.54, 1.807) is 6.92 Å². The molecule has 10 nitrogen and oxygen atoms in total. The van der Waals surface area contributed by atoms with Crippen LogP contribution in [0.2, 0.25) is 5.15 Å². The Morgan fingerprint density at radius 2 is 2.03 bits per heavy atom. The van der Waals surface area contributed by atoms with Crippen molar-refractivity contribution in [3.63, 3.8) is 0 Å². The fourth-order valence-electron chi connectivity index (χ4n) is 3.01. The molecule has 0 saturated heterocycles. The Kier molecular flexibility index (Phi) is 5.15. The highest BCUT2D eigenvalue weighted by Gasteiger charge is 2.35. The molecule has 4 aromatic rings. The SMILES string of the molecule is CO[C@@H](C)c1c(NC(=O)Nc2cc(C(F)(F)F)c3ncnn3c2)cnc2cc(Cl)nn12. The lowest BCUT2D eigenvalue weighted by molar-refractivity contribution is -0.136. The van der Waals surface area contributed by atoms with Crippen LogP contribution in [-0.2, 0) is 10.9 Å². The zero-order valence-electron chi connectivity index (χ0n) is 16.0. The Bertz CT molecular complexity index is 1290. The van der Waals surface area contributed by atoms with Crippen molar-refractivity contribution < 1.29 is 22.7 Å². The average Bonchev–Trinajstić information content (AvgIpc) is 3.31. The molecule has 0 aromatic carbocycles. The molecule has 1 atom stereocenters. The van der Waals surface area contributed by atoms with Gasteiger partial charge in [0.05, 0.1) is 35.6 Å². The van der Waals surface area contributed by atoms with Crippen LogP contribution in [0.5, 0.6) is 0 Å². The molecule has 0 saturated carbocycles. The number of anilines is 2.